The molecule has 1 saturated heterocycles. The van der Waals surface area contributed by atoms with Gasteiger partial charge in [-0.05, 0) is 42.7 Å². The zero-order chi connectivity index (χ0) is 18.6. The number of thiophene rings is 1. The molecule has 1 aromatic carbocycles. The summed E-state index contributed by atoms with van der Waals surface area (Å²) in [5.74, 6) is 1.01. The normalized spacial score (nSPS) is 15.1. The van der Waals surface area contributed by atoms with Crippen LogP contribution in [0.2, 0.25) is 0 Å². The number of thioether (sulfide) groups is 1. The van der Waals surface area contributed by atoms with Gasteiger partial charge < -0.3 is 10.2 Å². The number of carbonyl (C=O) groups excluding carboxylic acids is 1. The Bertz CT molecular complexity index is 898. The summed E-state index contributed by atoms with van der Waals surface area (Å²) < 4.78 is 0. The van der Waals surface area contributed by atoms with E-state index in [1.54, 1.807) is 23.1 Å². The number of piperidine rings is 1. The van der Waals surface area contributed by atoms with Crippen LogP contribution < -0.4 is 10.2 Å². The summed E-state index contributed by atoms with van der Waals surface area (Å²) in [4.78, 5) is 17.1. The van der Waals surface area contributed by atoms with Crippen LogP contribution in [0, 0.1) is 0 Å². The number of rotatable bonds is 5. The molecular weight excluding hydrogens is 376 g/mol. The molecule has 27 heavy (non-hydrogen) atoms. The van der Waals surface area contributed by atoms with Crippen LogP contribution in [0.5, 0.6) is 0 Å². The van der Waals surface area contributed by atoms with Crippen LogP contribution in [0.3, 0.4) is 0 Å². The van der Waals surface area contributed by atoms with Gasteiger partial charge in [-0.15, -0.1) is 23.1 Å². The van der Waals surface area contributed by atoms with E-state index < -0.39 is 0 Å². The lowest BCUT2D eigenvalue weighted by atomic mass is 10.0. The average molecular weight is 399 g/mol. The molecule has 3 heterocycles. The first-order valence-corrected chi connectivity index (χ1v) is 11.1. The van der Waals surface area contributed by atoms with E-state index in [1.165, 1.54) is 4.88 Å². The molecule has 7 heteroatoms. The van der Waals surface area contributed by atoms with Crippen molar-refractivity contribution in [1.29, 1.82) is 0 Å². The highest BCUT2D eigenvalue weighted by Crippen LogP contribution is 2.27. The van der Waals surface area contributed by atoms with Crippen molar-refractivity contribution in [2.45, 2.75) is 23.8 Å². The highest BCUT2D eigenvalue weighted by atomic mass is 32.2. The minimum atomic E-state index is 0.0261. The molecule has 1 aliphatic rings. The summed E-state index contributed by atoms with van der Waals surface area (Å²) in [7, 11) is 0. The number of H-pyrrole nitrogens is 1. The van der Waals surface area contributed by atoms with Gasteiger partial charge in [-0.3, -0.25) is 9.89 Å². The van der Waals surface area contributed by atoms with Crippen molar-refractivity contribution in [1.82, 2.24) is 15.5 Å². The van der Waals surface area contributed by atoms with Gasteiger partial charge in [0.15, 0.2) is 5.82 Å². The third kappa shape index (κ3) is 4.04. The summed E-state index contributed by atoms with van der Waals surface area (Å²) in [5.41, 5.74) is 1.82. The molecule has 0 radical (unpaired) electrons. The summed E-state index contributed by atoms with van der Waals surface area (Å²) in [6.45, 7) is 1.79. The SMILES string of the molecule is CSc1ccccc1C(=O)NC1CCN(c2cc(-c3cccs3)[nH]n2)CC1. The largest absolute Gasteiger partial charge is 0.355 e. The van der Waals surface area contributed by atoms with Crippen LogP contribution in [-0.2, 0) is 0 Å². The minimum absolute atomic E-state index is 0.0261. The fraction of sp³-hybridized carbons (Fsp3) is 0.300. The lowest BCUT2D eigenvalue weighted by Gasteiger charge is -2.32. The molecule has 0 bridgehead atoms. The third-order valence-corrected chi connectivity index (χ3v) is 6.56. The maximum atomic E-state index is 12.6. The van der Waals surface area contributed by atoms with Crippen molar-refractivity contribution in [2.75, 3.05) is 24.2 Å². The molecule has 3 aromatic rings. The van der Waals surface area contributed by atoms with Gasteiger partial charge in [0, 0.05) is 30.1 Å². The molecule has 2 aromatic heterocycles. The van der Waals surface area contributed by atoms with Gasteiger partial charge in [0.25, 0.3) is 5.91 Å². The molecule has 140 valence electrons. The number of carbonyl (C=O) groups is 1. The Morgan fingerprint density at radius 2 is 2.07 bits per heavy atom. The van der Waals surface area contributed by atoms with Crippen LogP contribution in [0.4, 0.5) is 5.82 Å². The van der Waals surface area contributed by atoms with Crippen LogP contribution >= 0.6 is 23.1 Å². The molecule has 0 saturated carbocycles. The fourth-order valence-corrected chi connectivity index (χ4v) is 4.67. The molecule has 0 aliphatic carbocycles. The molecule has 5 nitrogen and oxygen atoms in total. The zero-order valence-corrected chi connectivity index (χ0v) is 16.8. The first kappa shape index (κ1) is 18.1. The van der Waals surface area contributed by atoms with Crippen LogP contribution in [0.1, 0.15) is 23.2 Å². The molecule has 1 fully saturated rings. The molecule has 1 aliphatic heterocycles. The minimum Gasteiger partial charge on any atom is -0.355 e. The molecule has 0 unspecified atom stereocenters. The number of aromatic amines is 1. The smallest absolute Gasteiger partial charge is 0.252 e. The Hall–Kier alpha value is -2.25. The molecule has 0 spiro atoms. The van der Waals surface area contributed by atoms with E-state index in [0.717, 1.165) is 47.9 Å². The van der Waals surface area contributed by atoms with Crippen molar-refractivity contribution < 1.29 is 4.79 Å². The summed E-state index contributed by atoms with van der Waals surface area (Å²) in [6.07, 6.45) is 3.85. The number of nitrogens with one attached hydrogen (secondary N) is 2. The van der Waals surface area contributed by atoms with E-state index in [0.29, 0.717) is 0 Å². The Morgan fingerprint density at radius 3 is 2.81 bits per heavy atom. The Morgan fingerprint density at radius 1 is 1.26 bits per heavy atom. The van der Waals surface area contributed by atoms with E-state index >= 15 is 0 Å². The number of hydrogen-bond donors (Lipinski definition) is 2. The second kappa shape index (κ2) is 8.19. The van der Waals surface area contributed by atoms with E-state index in [-0.39, 0.29) is 11.9 Å². The Kier molecular flexibility index (Phi) is 5.50. The first-order chi connectivity index (χ1) is 13.2. The number of hydrogen-bond acceptors (Lipinski definition) is 5. The molecule has 1 amide bonds. The lowest BCUT2D eigenvalue weighted by molar-refractivity contribution is 0.0928. The Balaban J connectivity index is 1.34. The maximum Gasteiger partial charge on any atom is 0.252 e. The van der Waals surface area contributed by atoms with Crippen molar-refractivity contribution in [2.24, 2.45) is 0 Å². The van der Waals surface area contributed by atoms with Gasteiger partial charge in [0.05, 0.1) is 16.1 Å². The highest BCUT2D eigenvalue weighted by Gasteiger charge is 2.23. The zero-order valence-electron chi connectivity index (χ0n) is 15.1. The molecule has 0 atom stereocenters. The predicted octanol–water partition coefficient (Wildman–Crippen LogP) is 4.26. The quantitative estimate of drug-likeness (QED) is 0.631. The van der Waals surface area contributed by atoms with Crippen molar-refractivity contribution >= 4 is 34.8 Å². The average Bonchev–Trinajstić information content (AvgIpc) is 3.40. The number of aromatic nitrogens is 2. The standard InChI is InChI=1S/C20H22N4OS2/c1-26-17-6-3-2-5-15(17)20(25)21-14-8-10-24(11-9-14)19-13-16(22-23-19)18-7-4-12-27-18/h2-7,12-14H,8-11H2,1H3,(H,21,25)(H,22,23). The van der Waals surface area contributed by atoms with Gasteiger partial charge in [0.2, 0.25) is 0 Å². The summed E-state index contributed by atoms with van der Waals surface area (Å²) in [5, 5.41) is 12.9. The van der Waals surface area contributed by atoms with Gasteiger partial charge in [-0.1, -0.05) is 18.2 Å². The number of nitrogens with zero attached hydrogens (tertiary/aromatic N) is 2. The molecule has 2 N–H and O–H groups in total. The van der Waals surface area contributed by atoms with Crippen LogP contribution in [-0.4, -0.2) is 41.5 Å². The topological polar surface area (TPSA) is 61.0 Å². The fourth-order valence-electron chi connectivity index (χ4n) is 3.38. The van der Waals surface area contributed by atoms with E-state index in [1.807, 2.05) is 36.6 Å². The van der Waals surface area contributed by atoms with Gasteiger partial charge in [-0.25, -0.2) is 0 Å². The third-order valence-electron chi connectivity index (χ3n) is 4.86. The molecular formula is C20H22N4OS2. The lowest BCUT2D eigenvalue weighted by Crippen LogP contribution is -2.45. The summed E-state index contributed by atoms with van der Waals surface area (Å²) in [6, 6.07) is 14.2. The van der Waals surface area contributed by atoms with Gasteiger partial charge in [0.1, 0.15) is 0 Å². The first-order valence-electron chi connectivity index (χ1n) is 9.02. The monoisotopic (exact) mass is 398 g/mol. The van der Waals surface area contributed by atoms with E-state index in [2.05, 4.69) is 37.9 Å². The highest BCUT2D eigenvalue weighted by molar-refractivity contribution is 7.98. The number of amides is 1. The van der Waals surface area contributed by atoms with Gasteiger partial charge in [-0.2, -0.15) is 5.10 Å². The van der Waals surface area contributed by atoms with Crippen LogP contribution in [0.15, 0.2) is 52.7 Å². The Labute approximate surface area is 167 Å². The van der Waals surface area contributed by atoms with E-state index in [4.69, 9.17) is 0 Å². The summed E-state index contributed by atoms with van der Waals surface area (Å²) >= 11 is 3.31. The van der Waals surface area contributed by atoms with Gasteiger partial charge >= 0.3 is 0 Å². The van der Waals surface area contributed by atoms with Crippen molar-refractivity contribution in [3.05, 3.63) is 53.4 Å². The van der Waals surface area contributed by atoms with E-state index in [9.17, 15) is 4.79 Å². The number of benzene rings is 1. The van der Waals surface area contributed by atoms with Crippen LogP contribution in [0.25, 0.3) is 10.6 Å². The second-order valence-corrected chi connectivity index (χ2v) is 8.35. The number of anilines is 1. The maximum absolute atomic E-state index is 12.6. The van der Waals surface area contributed by atoms with Crippen molar-refractivity contribution in [3.63, 3.8) is 0 Å². The van der Waals surface area contributed by atoms with Crippen molar-refractivity contribution in [3.8, 4) is 10.6 Å². The molecule has 4 rings (SSSR count). The predicted molar refractivity (Wildman–Crippen MR) is 113 cm³/mol. The second-order valence-electron chi connectivity index (χ2n) is 6.55.